The van der Waals surface area contributed by atoms with Gasteiger partial charge in [0.05, 0.1) is 5.52 Å². The first kappa shape index (κ1) is 24.7. The summed E-state index contributed by atoms with van der Waals surface area (Å²) >= 11 is 0. The molecule has 0 N–H and O–H groups in total. The lowest BCUT2D eigenvalue weighted by molar-refractivity contribution is 0.876. The highest BCUT2D eigenvalue weighted by Crippen LogP contribution is 2.35. The number of pyridine rings is 5. The third-order valence-electron chi connectivity index (χ3n) is 8.44. The van der Waals surface area contributed by atoms with Crippen LogP contribution in [0.2, 0.25) is 0 Å². The fourth-order valence-electron chi connectivity index (χ4n) is 6.49. The molecule has 0 aliphatic rings. The molecule has 0 amide bonds. The molecule has 0 bridgehead atoms. The quantitative estimate of drug-likeness (QED) is 0.201. The van der Waals surface area contributed by atoms with Crippen molar-refractivity contribution in [1.82, 2.24) is 49.0 Å². The zero-order chi connectivity index (χ0) is 30.2. The van der Waals surface area contributed by atoms with Crippen molar-refractivity contribution in [3.05, 3.63) is 122 Å². The minimum atomic E-state index is 0.379. The molecule has 0 radical (unpaired) electrons. The Hall–Kier alpha value is -6.68. The normalized spacial score (nSPS) is 11.9. The van der Waals surface area contributed by atoms with Crippen LogP contribution in [0.1, 0.15) is 0 Å². The Labute approximate surface area is 259 Å². The number of rotatable bonds is 3. The molecule has 10 nitrogen and oxygen atoms in total. The Balaban J connectivity index is 1.37. The summed E-state index contributed by atoms with van der Waals surface area (Å²) < 4.78 is 3.80. The predicted molar refractivity (Wildman–Crippen MR) is 178 cm³/mol. The number of aromatic nitrogens is 10. The third kappa shape index (κ3) is 3.46. The van der Waals surface area contributed by atoms with Gasteiger partial charge in [-0.1, -0.05) is 30.3 Å². The van der Waals surface area contributed by atoms with Crippen LogP contribution in [0, 0.1) is 0 Å². The summed E-state index contributed by atoms with van der Waals surface area (Å²) in [5.41, 5.74) is 4.49. The summed E-state index contributed by atoms with van der Waals surface area (Å²) in [6, 6.07) is 30.2. The molecule has 10 heteroatoms. The van der Waals surface area contributed by atoms with Gasteiger partial charge >= 0.3 is 0 Å². The van der Waals surface area contributed by atoms with Crippen LogP contribution in [0.4, 0.5) is 0 Å². The van der Waals surface area contributed by atoms with Crippen LogP contribution < -0.4 is 0 Å². The van der Waals surface area contributed by atoms with Crippen LogP contribution in [0.15, 0.2) is 122 Å². The SMILES string of the molecule is c1ccc2c(c1)cc(-c1nc(-n3c4ncccc4c4cccnc43)nc(-n3c4ncccc4c4cccnc43)n1)c1cccnc12. The van der Waals surface area contributed by atoms with Crippen molar-refractivity contribution in [3.63, 3.8) is 0 Å². The summed E-state index contributed by atoms with van der Waals surface area (Å²) in [4.78, 5) is 39.2. The molecule has 0 aliphatic heterocycles. The van der Waals surface area contributed by atoms with E-state index in [0.29, 0.717) is 40.3 Å². The van der Waals surface area contributed by atoms with E-state index in [1.165, 1.54) is 0 Å². The van der Waals surface area contributed by atoms with Crippen molar-refractivity contribution >= 4 is 65.8 Å². The average molecular weight is 593 g/mol. The molecule has 0 saturated carbocycles. The minimum Gasteiger partial charge on any atom is -0.256 e. The van der Waals surface area contributed by atoms with E-state index < -0.39 is 0 Å². The van der Waals surface area contributed by atoms with Crippen LogP contribution >= 0.6 is 0 Å². The lowest BCUT2D eigenvalue weighted by Crippen LogP contribution is -2.11. The van der Waals surface area contributed by atoms with E-state index in [2.05, 4.69) is 24.3 Å². The second-order valence-electron chi connectivity index (χ2n) is 11.0. The number of hydrogen-bond acceptors (Lipinski definition) is 8. The molecule has 8 aromatic heterocycles. The maximum atomic E-state index is 5.15. The third-order valence-corrected chi connectivity index (χ3v) is 8.44. The lowest BCUT2D eigenvalue weighted by atomic mass is 10.0. The number of fused-ring (bicyclic) bond motifs is 9. The van der Waals surface area contributed by atoms with Gasteiger partial charge in [0.1, 0.15) is 22.6 Å². The zero-order valence-electron chi connectivity index (χ0n) is 24.0. The maximum absolute atomic E-state index is 5.15. The van der Waals surface area contributed by atoms with Gasteiger partial charge in [-0.25, -0.2) is 29.1 Å². The molecule has 0 aliphatic carbocycles. The van der Waals surface area contributed by atoms with Gasteiger partial charge in [-0.05, 0) is 66.0 Å². The Morgan fingerprint density at radius 3 is 1.35 bits per heavy atom. The molecule has 0 atom stereocenters. The molecule has 0 unspecified atom stereocenters. The van der Waals surface area contributed by atoms with Crippen LogP contribution in [-0.4, -0.2) is 49.0 Å². The first-order chi connectivity index (χ1) is 22.8. The largest absolute Gasteiger partial charge is 0.256 e. The highest BCUT2D eigenvalue weighted by Gasteiger charge is 2.23. The van der Waals surface area contributed by atoms with E-state index in [1.54, 1.807) is 24.8 Å². The Morgan fingerprint density at radius 2 is 0.826 bits per heavy atom. The van der Waals surface area contributed by atoms with Crippen LogP contribution in [0.5, 0.6) is 0 Å². The van der Waals surface area contributed by atoms with E-state index in [9.17, 15) is 0 Å². The summed E-state index contributed by atoms with van der Waals surface area (Å²) in [5, 5.41) is 6.84. The average Bonchev–Trinajstić information content (AvgIpc) is 3.64. The molecule has 0 spiro atoms. The fourth-order valence-corrected chi connectivity index (χ4v) is 6.49. The minimum absolute atomic E-state index is 0.379. The fraction of sp³-hybridized carbons (Fsp3) is 0. The highest BCUT2D eigenvalue weighted by molar-refractivity contribution is 6.11. The first-order valence-electron chi connectivity index (χ1n) is 14.8. The molecular formula is C36H20N10. The monoisotopic (exact) mass is 592 g/mol. The Bertz CT molecular complexity index is 2600. The van der Waals surface area contributed by atoms with Crippen molar-refractivity contribution in [2.24, 2.45) is 0 Å². The number of hydrogen-bond donors (Lipinski definition) is 0. The second-order valence-corrected chi connectivity index (χ2v) is 11.0. The number of benzene rings is 2. The van der Waals surface area contributed by atoms with Gasteiger partial charge in [-0.15, -0.1) is 0 Å². The maximum Gasteiger partial charge on any atom is 0.242 e. The number of nitrogens with zero attached hydrogens (tertiary/aromatic N) is 10. The van der Waals surface area contributed by atoms with Crippen molar-refractivity contribution in [2.75, 3.05) is 0 Å². The molecular weight excluding hydrogens is 572 g/mol. The molecule has 46 heavy (non-hydrogen) atoms. The molecule has 10 aromatic rings. The molecule has 0 fully saturated rings. The molecule has 8 heterocycles. The van der Waals surface area contributed by atoms with Gasteiger partial charge in [0.25, 0.3) is 0 Å². The van der Waals surface area contributed by atoms with E-state index in [-0.39, 0.29) is 0 Å². The van der Waals surface area contributed by atoms with E-state index in [1.807, 2.05) is 82.1 Å². The standard InChI is InChI=1S/C36H20N10/c1-2-9-22-21(8-1)20-28(23-10-3-15-37-29(22)23)30-42-35(45-31-24(11-4-16-38-31)25-12-5-17-39-32(25)45)44-36(43-30)46-33-26(13-6-18-40-33)27-14-7-19-41-34(27)46/h1-20H. The van der Waals surface area contributed by atoms with E-state index >= 15 is 0 Å². The summed E-state index contributed by atoms with van der Waals surface area (Å²) in [6.45, 7) is 0. The zero-order valence-corrected chi connectivity index (χ0v) is 24.0. The van der Waals surface area contributed by atoms with Crippen LogP contribution in [0.25, 0.3) is 89.1 Å². The van der Waals surface area contributed by atoms with Gasteiger partial charge in [-0.3, -0.25) is 4.98 Å². The lowest BCUT2D eigenvalue weighted by Gasteiger charge is -2.13. The molecule has 10 rings (SSSR count). The van der Waals surface area contributed by atoms with Crippen LogP contribution in [-0.2, 0) is 0 Å². The topological polar surface area (TPSA) is 113 Å². The highest BCUT2D eigenvalue weighted by atomic mass is 15.3. The van der Waals surface area contributed by atoms with Crippen molar-refractivity contribution < 1.29 is 0 Å². The molecule has 0 saturated heterocycles. The van der Waals surface area contributed by atoms with Gasteiger partial charge in [-0.2, -0.15) is 15.0 Å². The van der Waals surface area contributed by atoms with E-state index in [4.69, 9.17) is 39.9 Å². The van der Waals surface area contributed by atoms with Crippen molar-refractivity contribution in [3.8, 4) is 23.3 Å². The Morgan fingerprint density at radius 1 is 0.391 bits per heavy atom. The van der Waals surface area contributed by atoms with Gasteiger partial charge in [0.2, 0.25) is 11.9 Å². The molecule has 214 valence electrons. The van der Waals surface area contributed by atoms with E-state index in [0.717, 1.165) is 48.8 Å². The Kier molecular flexibility index (Phi) is 5.06. The summed E-state index contributed by atoms with van der Waals surface area (Å²) in [6.07, 6.45) is 8.88. The van der Waals surface area contributed by atoms with Gasteiger partial charge < -0.3 is 0 Å². The smallest absolute Gasteiger partial charge is 0.242 e. The predicted octanol–water partition coefficient (Wildman–Crippen LogP) is 7.01. The first-order valence-corrected chi connectivity index (χ1v) is 14.8. The summed E-state index contributed by atoms with van der Waals surface area (Å²) in [5.74, 6) is 1.24. The summed E-state index contributed by atoms with van der Waals surface area (Å²) in [7, 11) is 0. The van der Waals surface area contributed by atoms with Gasteiger partial charge in [0.15, 0.2) is 5.82 Å². The second kappa shape index (κ2) is 9.41. The van der Waals surface area contributed by atoms with Gasteiger partial charge in [0, 0.05) is 68.9 Å². The van der Waals surface area contributed by atoms with Crippen LogP contribution in [0.3, 0.4) is 0 Å². The molecule has 2 aromatic carbocycles. The van der Waals surface area contributed by atoms with Crippen molar-refractivity contribution in [2.45, 2.75) is 0 Å². The van der Waals surface area contributed by atoms with Crippen molar-refractivity contribution in [1.29, 1.82) is 0 Å².